The van der Waals surface area contributed by atoms with Crippen LogP contribution in [0.25, 0.3) is 11.0 Å². The van der Waals surface area contributed by atoms with Crippen molar-refractivity contribution in [2.75, 3.05) is 6.61 Å². The third kappa shape index (κ3) is 3.06. The van der Waals surface area contributed by atoms with Gasteiger partial charge in [-0.25, -0.2) is 9.97 Å². The molecule has 1 saturated carbocycles. The van der Waals surface area contributed by atoms with E-state index in [1.807, 2.05) is 12.3 Å². The van der Waals surface area contributed by atoms with Crippen LogP contribution in [0, 0.1) is 5.92 Å². The van der Waals surface area contributed by atoms with Gasteiger partial charge in [0, 0.05) is 11.6 Å². The van der Waals surface area contributed by atoms with E-state index in [-0.39, 0.29) is 6.61 Å². The zero-order chi connectivity index (χ0) is 17.4. The largest absolute Gasteiger partial charge is 0.394 e. The summed E-state index contributed by atoms with van der Waals surface area (Å²) >= 11 is 0. The number of nitrogens with zero attached hydrogens (tertiary/aromatic N) is 3. The van der Waals surface area contributed by atoms with Crippen molar-refractivity contribution >= 4 is 11.0 Å². The summed E-state index contributed by atoms with van der Waals surface area (Å²) in [5.41, 5.74) is 1.72. The Bertz CT molecular complexity index is 728. The minimum atomic E-state index is -1.11. The standard InChI is InChI=1S/C18H25N3O4/c22-9-14-15(23)16(24)18(25-14)21-7-6-12-13(19-10-20-17(12)21)8-11-4-2-1-3-5-11/h6-7,10-11,14-16,18,22-24H,1-5,8-9H2/t14-,15-,16-,18-/m1/s1. The molecule has 7 nitrogen and oxygen atoms in total. The van der Waals surface area contributed by atoms with E-state index in [9.17, 15) is 15.3 Å². The molecule has 0 radical (unpaired) electrons. The monoisotopic (exact) mass is 347 g/mol. The van der Waals surface area contributed by atoms with Crippen molar-refractivity contribution in [2.24, 2.45) is 5.92 Å². The van der Waals surface area contributed by atoms with Crippen LogP contribution in [-0.2, 0) is 11.2 Å². The molecule has 136 valence electrons. The van der Waals surface area contributed by atoms with Gasteiger partial charge in [0.1, 0.15) is 30.3 Å². The van der Waals surface area contributed by atoms with Crippen LogP contribution in [0.2, 0.25) is 0 Å². The van der Waals surface area contributed by atoms with Gasteiger partial charge >= 0.3 is 0 Å². The Morgan fingerprint density at radius 2 is 1.92 bits per heavy atom. The van der Waals surface area contributed by atoms with E-state index in [1.165, 1.54) is 32.1 Å². The first-order valence-corrected chi connectivity index (χ1v) is 9.12. The van der Waals surface area contributed by atoms with Gasteiger partial charge in [0.25, 0.3) is 0 Å². The third-order valence-electron chi connectivity index (χ3n) is 5.59. The second-order valence-electron chi connectivity index (χ2n) is 7.22. The van der Waals surface area contributed by atoms with Crippen molar-refractivity contribution in [3.63, 3.8) is 0 Å². The van der Waals surface area contributed by atoms with Gasteiger partial charge in [-0.2, -0.15) is 0 Å². The molecule has 1 aliphatic heterocycles. The highest BCUT2D eigenvalue weighted by atomic mass is 16.6. The third-order valence-corrected chi connectivity index (χ3v) is 5.59. The van der Waals surface area contributed by atoms with Crippen LogP contribution in [0.5, 0.6) is 0 Å². The molecule has 3 N–H and O–H groups in total. The van der Waals surface area contributed by atoms with Gasteiger partial charge in [-0.15, -0.1) is 0 Å². The summed E-state index contributed by atoms with van der Waals surface area (Å²) in [7, 11) is 0. The fourth-order valence-electron chi connectivity index (χ4n) is 4.17. The van der Waals surface area contributed by atoms with Crippen molar-refractivity contribution in [3.05, 3.63) is 24.3 Å². The Morgan fingerprint density at radius 3 is 2.64 bits per heavy atom. The van der Waals surface area contributed by atoms with Crippen molar-refractivity contribution in [3.8, 4) is 0 Å². The van der Waals surface area contributed by atoms with E-state index in [1.54, 1.807) is 10.9 Å². The zero-order valence-corrected chi connectivity index (χ0v) is 14.2. The molecule has 0 amide bonds. The second-order valence-corrected chi connectivity index (χ2v) is 7.22. The number of fused-ring (bicyclic) bond motifs is 1. The molecule has 0 spiro atoms. The van der Waals surface area contributed by atoms with Gasteiger partial charge in [-0.05, 0) is 18.4 Å². The highest BCUT2D eigenvalue weighted by Crippen LogP contribution is 2.33. The zero-order valence-electron chi connectivity index (χ0n) is 14.2. The van der Waals surface area contributed by atoms with Crippen molar-refractivity contribution < 1.29 is 20.1 Å². The smallest absolute Gasteiger partial charge is 0.164 e. The summed E-state index contributed by atoms with van der Waals surface area (Å²) in [5.74, 6) is 0.670. The Labute approximate surface area is 146 Å². The summed E-state index contributed by atoms with van der Waals surface area (Å²) in [6.07, 6.45) is 6.95. The molecule has 2 aromatic rings. The summed E-state index contributed by atoms with van der Waals surface area (Å²) in [4.78, 5) is 8.86. The quantitative estimate of drug-likeness (QED) is 0.767. The van der Waals surface area contributed by atoms with Crippen molar-refractivity contribution in [1.29, 1.82) is 0 Å². The molecule has 4 atom stereocenters. The molecule has 0 unspecified atom stereocenters. The molecular formula is C18H25N3O4. The number of ether oxygens (including phenoxy) is 1. The minimum absolute atomic E-state index is 0.337. The van der Waals surface area contributed by atoms with E-state index in [0.29, 0.717) is 11.6 Å². The van der Waals surface area contributed by atoms with Gasteiger partial charge in [-0.3, -0.25) is 0 Å². The second kappa shape index (κ2) is 6.99. The fourth-order valence-corrected chi connectivity index (χ4v) is 4.17. The molecule has 0 bridgehead atoms. The Morgan fingerprint density at radius 1 is 1.12 bits per heavy atom. The number of aromatic nitrogens is 3. The van der Waals surface area contributed by atoms with Crippen molar-refractivity contribution in [1.82, 2.24) is 14.5 Å². The van der Waals surface area contributed by atoms with Crippen LogP contribution in [0.15, 0.2) is 18.6 Å². The summed E-state index contributed by atoms with van der Waals surface area (Å²) in [6.45, 7) is -0.337. The van der Waals surface area contributed by atoms with Gasteiger partial charge in [0.05, 0.1) is 12.3 Å². The Balaban J connectivity index is 1.62. The normalized spacial score (nSPS) is 31.0. The Kier molecular flexibility index (Phi) is 4.73. The van der Waals surface area contributed by atoms with Crippen LogP contribution >= 0.6 is 0 Å². The van der Waals surface area contributed by atoms with Gasteiger partial charge < -0.3 is 24.6 Å². The SMILES string of the molecule is OC[C@H]1O[C@@H](n2ccc3c(CC4CCCCC4)ncnc32)[C@H](O)[C@@H]1O. The van der Waals surface area contributed by atoms with E-state index in [0.717, 1.165) is 17.5 Å². The molecule has 7 heteroatoms. The first-order chi connectivity index (χ1) is 12.2. The van der Waals surface area contributed by atoms with E-state index in [4.69, 9.17) is 4.74 Å². The molecular weight excluding hydrogens is 322 g/mol. The van der Waals surface area contributed by atoms with Crippen LogP contribution in [-0.4, -0.2) is 54.8 Å². The number of rotatable bonds is 4. The molecule has 2 fully saturated rings. The lowest BCUT2D eigenvalue weighted by atomic mass is 9.86. The number of aliphatic hydroxyl groups excluding tert-OH is 3. The average molecular weight is 347 g/mol. The molecule has 25 heavy (non-hydrogen) atoms. The molecule has 1 saturated heterocycles. The lowest BCUT2D eigenvalue weighted by Gasteiger charge is -2.21. The van der Waals surface area contributed by atoms with Gasteiger partial charge in [0.15, 0.2) is 6.23 Å². The number of hydrogen-bond donors (Lipinski definition) is 3. The van der Waals surface area contributed by atoms with Crippen LogP contribution in [0.4, 0.5) is 0 Å². The van der Waals surface area contributed by atoms with Gasteiger partial charge in [-0.1, -0.05) is 32.1 Å². The van der Waals surface area contributed by atoms with E-state index in [2.05, 4.69) is 9.97 Å². The lowest BCUT2D eigenvalue weighted by molar-refractivity contribution is -0.0508. The summed E-state index contributed by atoms with van der Waals surface area (Å²) < 4.78 is 7.36. The topological polar surface area (TPSA) is 101 Å². The van der Waals surface area contributed by atoms with Crippen molar-refractivity contribution in [2.45, 2.75) is 63.1 Å². The van der Waals surface area contributed by atoms with E-state index >= 15 is 0 Å². The van der Waals surface area contributed by atoms with Gasteiger partial charge in [0.2, 0.25) is 0 Å². The average Bonchev–Trinajstić information content (AvgIpc) is 3.18. The lowest BCUT2D eigenvalue weighted by Crippen LogP contribution is -2.33. The summed E-state index contributed by atoms with van der Waals surface area (Å²) in [6, 6.07) is 1.95. The predicted molar refractivity (Wildman–Crippen MR) is 90.8 cm³/mol. The summed E-state index contributed by atoms with van der Waals surface area (Å²) in [5, 5.41) is 30.5. The number of aliphatic hydroxyl groups is 3. The highest BCUT2D eigenvalue weighted by molar-refractivity contribution is 5.78. The minimum Gasteiger partial charge on any atom is -0.394 e. The van der Waals surface area contributed by atoms with Crippen LogP contribution in [0.3, 0.4) is 0 Å². The van der Waals surface area contributed by atoms with E-state index < -0.39 is 24.5 Å². The molecule has 2 aliphatic rings. The maximum atomic E-state index is 10.3. The maximum Gasteiger partial charge on any atom is 0.164 e. The molecule has 0 aromatic carbocycles. The highest BCUT2D eigenvalue weighted by Gasteiger charge is 2.43. The molecule has 1 aliphatic carbocycles. The van der Waals surface area contributed by atoms with Crippen LogP contribution in [0.1, 0.15) is 44.0 Å². The first-order valence-electron chi connectivity index (χ1n) is 9.12. The van der Waals surface area contributed by atoms with Crippen LogP contribution < -0.4 is 0 Å². The maximum absolute atomic E-state index is 10.3. The molecule has 3 heterocycles. The fraction of sp³-hybridized carbons (Fsp3) is 0.667. The first kappa shape index (κ1) is 16.9. The Hall–Kier alpha value is -1.54. The molecule has 4 rings (SSSR count). The predicted octanol–water partition coefficient (Wildman–Crippen LogP) is 1.17. The number of hydrogen-bond acceptors (Lipinski definition) is 6. The molecule has 2 aromatic heterocycles.